The molecule has 4 nitrogen and oxygen atoms in total. The van der Waals surface area contributed by atoms with Crippen molar-refractivity contribution in [1.82, 2.24) is 4.98 Å². The average Bonchev–Trinajstić information content (AvgIpc) is 2.85. The monoisotopic (exact) mass is 572 g/mol. The van der Waals surface area contributed by atoms with Crippen molar-refractivity contribution in [2.45, 2.75) is 0 Å². The first-order valence-corrected chi connectivity index (χ1v) is 10.2. The third-order valence-electron chi connectivity index (χ3n) is 5.02. The van der Waals surface area contributed by atoms with Crippen LogP contribution >= 0.6 is 0 Å². The zero-order valence-electron chi connectivity index (χ0n) is 17.8. The van der Waals surface area contributed by atoms with E-state index >= 15 is 0 Å². The number of aliphatic hydroxyl groups excluding tert-OH is 1. The SMILES string of the molecule is O/C(=C\C(=[OH+])c1ccccc1)c1ccccc1.[CH2-][n+]1cccc2ccc3cccnc3c21.[Eu]. The Bertz CT molecular complexity index is 1400. The number of carbonyl (C=O) groups excluding carboxylic acids is 1. The quantitative estimate of drug-likeness (QED) is 0.0592. The number of rotatable bonds is 3. The van der Waals surface area contributed by atoms with Crippen LogP contribution in [0.1, 0.15) is 11.1 Å². The van der Waals surface area contributed by atoms with Gasteiger partial charge in [-0.05, 0) is 29.0 Å². The van der Waals surface area contributed by atoms with E-state index in [0.717, 1.165) is 16.4 Å². The Balaban J connectivity index is 0.000000181. The number of benzene rings is 3. The fraction of sp³-hybridized carbons (Fsp3) is 0. The molecule has 3 aromatic carbocycles. The van der Waals surface area contributed by atoms with Gasteiger partial charge in [-0.25, -0.2) is 0 Å². The maximum Gasteiger partial charge on any atom is 0.350 e. The maximum atomic E-state index is 9.83. The molecule has 163 valence electrons. The van der Waals surface area contributed by atoms with Crippen LogP contribution in [-0.2, 0) is 0 Å². The van der Waals surface area contributed by atoms with Gasteiger partial charge in [-0.1, -0.05) is 78.9 Å². The molecule has 2 aromatic heterocycles. The number of hydrogen-bond acceptors (Lipinski definition) is 2. The fourth-order valence-electron chi connectivity index (χ4n) is 3.42. The number of ketones is 1. The Morgan fingerprint density at radius 1 is 0.788 bits per heavy atom. The molecule has 5 heteroatoms. The molecule has 33 heavy (non-hydrogen) atoms. The van der Waals surface area contributed by atoms with Crippen LogP contribution in [0, 0.1) is 56.4 Å². The largest absolute Gasteiger partial charge is 0.507 e. The third kappa shape index (κ3) is 6.14. The Morgan fingerprint density at radius 3 is 2.09 bits per heavy atom. The second-order valence-corrected chi connectivity index (χ2v) is 7.20. The molecule has 0 amide bonds. The van der Waals surface area contributed by atoms with E-state index in [9.17, 15) is 9.90 Å². The molecule has 1 radical (unpaired) electrons. The van der Waals surface area contributed by atoms with Crippen molar-refractivity contribution < 1.29 is 63.8 Å². The minimum Gasteiger partial charge on any atom is -0.507 e. The first-order valence-electron chi connectivity index (χ1n) is 10.2. The number of aliphatic hydroxyl groups is 1. The van der Waals surface area contributed by atoms with Crippen LogP contribution in [0.5, 0.6) is 0 Å². The minimum absolute atomic E-state index is 0. The number of hydrogen-bond donors (Lipinski definition) is 1. The van der Waals surface area contributed by atoms with Crippen molar-refractivity contribution in [1.29, 1.82) is 0 Å². The zero-order chi connectivity index (χ0) is 22.3. The molecule has 0 aliphatic carbocycles. The number of fused-ring (bicyclic) bond motifs is 3. The van der Waals surface area contributed by atoms with E-state index in [2.05, 4.69) is 36.3 Å². The van der Waals surface area contributed by atoms with E-state index in [1.165, 1.54) is 11.5 Å². The van der Waals surface area contributed by atoms with Crippen molar-refractivity contribution in [3.8, 4) is 0 Å². The minimum atomic E-state index is 0. The van der Waals surface area contributed by atoms with Gasteiger partial charge in [0.1, 0.15) is 11.3 Å². The predicted molar refractivity (Wildman–Crippen MR) is 130 cm³/mol. The molecular weight excluding hydrogens is 548 g/mol. The van der Waals surface area contributed by atoms with Crippen LogP contribution in [0.3, 0.4) is 0 Å². The summed E-state index contributed by atoms with van der Waals surface area (Å²) in [6, 6.07) is 30.5. The summed E-state index contributed by atoms with van der Waals surface area (Å²) in [5.74, 6) is 0.0962. The molecule has 5 rings (SSSR count). The molecule has 0 spiro atoms. The van der Waals surface area contributed by atoms with Gasteiger partial charge in [-0.15, -0.1) is 0 Å². The van der Waals surface area contributed by atoms with Gasteiger partial charge in [0.15, 0.2) is 0 Å². The van der Waals surface area contributed by atoms with Crippen molar-refractivity contribution in [2.24, 2.45) is 0 Å². The summed E-state index contributed by atoms with van der Waals surface area (Å²) < 4.78 is 1.87. The standard InChI is InChI=1S/C15H12O2.C13H10N2.Eu/c16-14(12-7-3-1-4-8-12)11-15(17)13-9-5-2-6-10-13;1-15-9-3-5-11-7-6-10-4-2-8-14-12(10)13(11)15;/h1-11,16H;2-9H,1H2;/p+1/b14-11-;;. The van der Waals surface area contributed by atoms with Gasteiger partial charge in [0.25, 0.3) is 0 Å². The van der Waals surface area contributed by atoms with Crippen molar-refractivity contribution in [2.75, 3.05) is 0 Å². The summed E-state index contributed by atoms with van der Waals surface area (Å²) in [6.45, 7) is 0. The number of allylic oxidation sites excluding steroid dienone is 1. The molecule has 0 bridgehead atoms. The molecule has 5 aromatic rings. The summed E-state index contributed by atoms with van der Waals surface area (Å²) in [5.41, 5.74) is 3.44. The summed E-state index contributed by atoms with van der Waals surface area (Å²) in [5, 5.41) is 12.1. The van der Waals surface area contributed by atoms with Crippen molar-refractivity contribution in [3.05, 3.63) is 134 Å². The summed E-state index contributed by atoms with van der Waals surface area (Å²) in [7, 11) is 3.98. The van der Waals surface area contributed by atoms with Gasteiger partial charge in [-0.2, -0.15) is 0 Å². The van der Waals surface area contributed by atoms with Crippen LogP contribution in [-0.4, -0.2) is 20.7 Å². The van der Waals surface area contributed by atoms with Gasteiger partial charge >= 0.3 is 5.78 Å². The van der Waals surface area contributed by atoms with Gasteiger partial charge in [0.05, 0.1) is 23.4 Å². The molecule has 0 fully saturated rings. The van der Waals surface area contributed by atoms with Crippen molar-refractivity contribution in [3.63, 3.8) is 0 Å². The molecule has 0 saturated heterocycles. The van der Waals surface area contributed by atoms with Gasteiger partial charge in [0, 0.05) is 68.2 Å². The molecular formula is C28H23EuN2O2+. The Morgan fingerprint density at radius 2 is 1.39 bits per heavy atom. The van der Waals surface area contributed by atoms with Crippen LogP contribution < -0.4 is 4.57 Å². The van der Waals surface area contributed by atoms with E-state index in [1.807, 2.05) is 65.5 Å². The van der Waals surface area contributed by atoms with Crippen LogP contribution in [0.15, 0.2) is 116 Å². The first kappa shape index (κ1) is 24.8. The molecule has 2 heterocycles. The summed E-state index contributed by atoms with van der Waals surface area (Å²) in [6.07, 6.45) is 5.11. The number of aromatic nitrogens is 2. The maximum absolute atomic E-state index is 9.83. The molecule has 0 aliphatic heterocycles. The van der Waals surface area contributed by atoms with E-state index in [0.29, 0.717) is 11.1 Å². The predicted octanol–water partition coefficient (Wildman–Crippen LogP) is 5.49. The second kappa shape index (κ2) is 11.8. The zero-order valence-corrected chi connectivity index (χ0v) is 20.3. The molecule has 0 aliphatic rings. The Labute approximate surface area is 233 Å². The molecule has 2 N–H and O–H groups in total. The van der Waals surface area contributed by atoms with Crippen molar-refractivity contribution >= 4 is 33.3 Å². The first-order chi connectivity index (χ1) is 15.6. The van der Waals surface area contributed by atoms with Crippen LogP contribution in [0.4, 0.5) is 0 Å². The Kier molecular flexibility index (Phi) is 8.90. The molecule has 0 saturated carbocycles. The van der Waals surface area contributed by atoms with E-state index < -0.39 is 0 Å². The van der Waals surface area contributed by atoms with Gasteiger partial charge in [-0.3, -0.25) is 9.78 Å². The normalized spacial score (nSPS) is 10.7. The van der Waals surface area contributed by atoms with Gasteiger partial charge < -0.3 is 9.67 Å². The van der Waals surface area contributed by atoms with E-state index in [1.54, 1.807) is 24.3 Å². The smallest absolute Gasteiger partial charge is 0.350 e. The van der Waals surface area contributed by atoms with E-state index in [-0.39, 0.29) is 60.9 Å². The Hall–Kier alpha value is -2.86. The van der Waals surface area contributed by atoms with Crippen LogP contribution in [0.2, 0.25) is 0 Å². The molecule has 0 atom stereocenters. The van der Waals surface area contributed by atoms with Gasteiger partial charge in [0.2, 0.25) is 0 Å². The number of pyridine rings is 2. The summed E-state index contributed by atoms with van der Waals surface area (Å²) >= 11 is 0. The molecule has 0 unspecified atom stereocenters. The third-order valence-corrected chi connectivity index (χ3v) is 5.02. The second-order valence-electron chi connectivity index (χ2n) is 7.20. The fourth-order valence-corrected chi connectivity index (χ4v) is 3.42. The number of nitrogens with zero attached hydrogens (tertiary/aromatic N) is 2. The summed E-state index contributed by atoms with van der Waals surface area (Å²) in [4.78, 5) is 14.2. The van der Waals surface area contributed by atoms with Crippen LogP contribution in [0.25, 0.3) is 27.6 Å². The average molecular weight is 571 g/mol. The van der Waals surface area contributed by atoms with E-state index in [4.69, 9.17) is 0 Å². The topological polar surface area (TPSA) is 58.4 Å².